The Morgan fingerprint density at radius 1 is 1.26 bits per heavy atom. The summed E-state index contributed by atoms with van der Waals surface area (Å²) in [6.07, 6.45) is 0. The van der Waals surface area contributed by atoms with Crippen LogP contribution in [0.25, 0.3) is 0 Å². The highest BCUT2D eigenvalue weighted by molar-refractivity contribution is 7.89. The number of hydrogen-bond donors (Lipinski definition) is 0. The molecule has 2 rings (SSSR count). The largest absolute Gasteiger partial charge is 0.495 e. The molecule has 0 aliphatic rings. The van der Waals surface area contributed by atoms with Crippen LogP contribution in [0.5, 0.6) is 5.75 Å². The van der Waals surface area contributed by atoms with Crippen LogP contribution in [0.15, 0.2) is 39.6 Å². The van der Waals surface area contributed by atoms with E-state index in [1.807, 2.05) is 26.8 Å². The summed E-state index contributed by atoms with van der Waals surface area (Å²) in [6.45, 7) is 5.62. The lowest BCUT2D eigenvalue weighted by molar-refractivity contribution is 0.314. The highest BCUT2D eigenvalue weighted by Crippen LogP contribution is 2.29. The summed E-state index contributed by atoms with van der Waals surface area (Å²) in [7, 11) is -2.22. The minimum absolute atomic E-state index is 0.125. The van der Waals surface area contributed by atoms with Crippen molar-refractivity contribution in [3.63, 3.8) is 0 Å². The van der Waals surface area contributed by atoms with E-state index in [0.29, 0.717) is 11.5 Å². The second-order valence-corrected chi connectivity index (χ2v) is 7.75. The number of rotatable bonds is 6. The third kappa shape index (κ3) is 3.88. The maximum absolute atomic E-state index is 12.9. The Bertz CT molecular complexity index is 783. The normalized spacial score (nSPS) is 12.1. The van der Waals surface area contributed by atoms with E-state index in [4.69, 9.17) is 20.8 Å². The Labute approximate surface area is 141 Å². The van der Waals surface area contributed by atoms with Crippen molar-refractivity contribution in [2.75, 3.05) is 7.11 Å². The third-order valence-corrected chi connectivity index (χ3v) is 5.73. The molecule has 1 heterocycles. The molecule has 7 heteroatoms. The fourth-order valence-corrected chi connectivity index (χ4v) is 4.16. The van der Waals surface area contributed by atoms with Gasteiger partial charge in [0.15, 0.2) is 0 Å². The number of aryl methyl sites for hydroxylation is 1. The van der Waals surface area contributed by atoms with Gasteiger partial charge in [-0.15, -0.1) is 0 Å². The zero-order chi connectivity index (χ0) is 17.2. The molecular weight excluding hydrogens is 338 g/mol. The molecule has 1 aromatic carbocycles. The maximum Gasteiger partial charge on any atom is 0.243 e. The van der Waals surface area contributed by atoms with Gasteiger partial charge in [0.25, 0.3) is 0 Å². The fraction of sp³-hybridized carbons (Fsp3) is 0.375. The van der Waals surface area contributed by atoms with Crippen molar-refractivity contribution in [1.29, 1.82) is 0 Å². The van der Waals surface area contributed by atoms with Crippen molar-refractivity contribution >= 4 is 21.6 Å². The van der Waals surface area contributed by atoms with Crippen LogP contribution in [0.3, 0.4) is 0 Å². The lowest BCUT2D eigenvalue weighted by atomic mass is 10.3. The number of hydrogen-bond acceptors (Lipinski definition) is 4. The van der Waals surface area contributed by atoms with Crippen LogP contribution in [0.4, 0.5) is 0 Å². The van der Waals surface area contributed by atoms with E-state index in [0.717, 1.165) is 5.76 Å². The van der Waals surface area contributed by atoms with E-state index < -0.39 is 10.0 Å². The lowest BCUT2D eigenvalue weighted by Crippen LogP contribution is -2.36. The highest BCUT2D eigenvalue weighted by atomic mass is 35.5. The second-order valence-electron chi connectivity index (χ2n) is 5.45. The van der Waals surface area contributed by atoms with Crippen LogP contribution in [0.2, 0.25) is 5.02 Å². The molecule has 0 spiro atoms. The first-order valence-corrected chi connectivity index (χ1v) is 8.98. The molecule has 0 bridgehead atoms. The summed E-state index contributed by atoms with van der Waals surface area (Å²) >= 11 is 6.06. The number of benzene rings is 1. The molecule has 5 nitrogen and oxygen atoms in total. The van der Waals surface area contributed by atoms with Crippen LogP contribution in [-0.2, 0) is 16.6 Å². The van der Waals surface area contributed by atoms with Crippen molar-refractivity contribution in [3.05, 3.63) is 46.9 Å². The molecule has 0 atom stereocenters. The number of ether oxygens (including phenoxy) is 1. The van der Waals surface area contributed by atoms with E-state index in [1.165, 1.54) is 23.5 Å². The van der Waals surface area contributed by atoms with E-state index in [2.05, 4.69) is 0 Å². The summed E-state index contributed by atoms with van der Waals surface area (Å²) in [4.78, 5) is 0.125. The number of methoxy groups -OCH3 is 1. The molecule has 0 saturated heterocycles. The molecule has 0 aliphatic heterocycles. The van der Waals surface area contributed by atoms with E-state index in [9.17, 15) is 8.42 Å². The van der Waals surface area contributed by atoms with Crippen LogP contribution in [0.1, 0.15) is 25.4 Å². The lowest BCUT2D eigenvalue weighted by Gasteiger charge is -2.25. The van der Waals surface area contributed by atoms with Crippen LogP contribution < -0.4 is 4.74 Å². The topological polar surface area (TPSA) is 59.8 Å². The van der Waals surface area contributed by atoms with Crippen molar-refractivity contribution in [2.24, 2.45) is 0 Å². The van der Waals surface area contributed by atoms with Gasteiger partial charge in [0.2, 0.25) is 10.0 Å². The van der Waals surface area contributed by atoms with Crippen LogP contribution >= 0.6 is 11.6 Å². The second kappa shape index (κ2) is 6.95. The van der Waals surface area contributed by atoms with Gasteiger partial charge in [-0.2, -0.15) is 4.31 Å². The summed E-state index contributed by atoms with van der Waals surface area (Å²) in [6, 6.07) is 7.80. The average Bonchev–Trinajstić information content (AvgIpc) is 2.89. The van der Waals surface area contributed by atoms with Gasteiger partial charge >= 0.3 is 0 Å². The highest BCUT2D eigenvalue weighted by Gasteiger charge is 2.28. The Kier molecular flexibility index (Phi) is 5.39. The zero-order valence-electron chi connectivity index (χ0n) is 13.5. The summed E-state index contributed by atoms with van der Waals surface area (Å²) in [5.74, 6) is 1.77. The quantitative estimate of drug-likeness (QED) is 0.787. The smallest absolute Gasteiger partial charge is 0.243 e. The first-order chi connectivity index (χ1) is 10.8. The predicted molar refractivity (Wildman–Crippen MR) is 89.3 cm³/mol. The molecule has 0 fully saturated rings. The molecule has 2 aromatic rings. The van der Waals surface area contributed by atoms with E-state index in [1.54, 1.807) is 12.1 Å². The van der Waals surface area contributed by atoms with Gasteiger partial charge in [-0.05, 0) is 51.1 Å². The minimum Gasteiger partial charge on any atom is -0.495 e. The Morgan fingerprint density at radius 2 is 1.96 bits per heavy atom. The number of furan rings is 1. The number of nitrogens with zero attached hydrogens (tertiary/aromatic N) is 1. The minimum atomic E-state index is -3.70. The number of sulfonamides is 1. The van der Waals surface area contributed by atoms with Crippen molar-refractivity contribution in [2.45, 2.75) is 38.3 Å². The molecule has 0 amide bonds. The van der Waals surface area contributed by atoms with Crippen LogP contribution in [-0.4, -0.2) is 25.9 Å². The van der Waals surface area contributed by atoms with E-state index in [-0.39, 0.29) is 22.5 Å². The molecule has 126 valence electrons. The fourth-order valence-electron chi connectivity index (χ4n) is 2.21. The molecule has 1 aromatic heterocycles. The summed E-state index contributed by atoms with van der Waals surface area (Å²) < 4.78 is 37.8. The van der Waals surface area contributed by atoms with Crippen molar-refractivity contribution < 1.29 is 17.6 Å². The zero-order valence-corrected chi connectivity index (χ0v) is 15.1. The Hall–Kier alpha value is -1.50. The first kappa shape index (κ1) is 17.8. The number of halogens is 1. The molecule has 0 saturated carbocycles. The van der Waals surface area contributed by atoms with Gasteiger partial charge in [-0.1, -0.05) is 11.6 Å². The molecule has 0 N–H and O–H groups in total. The third-order valence-electron chi connectivity index (χ3n) is 3.41. The molecular formula is C16H20ClNO4S. The van der Waals surface area contributed by atoms with Gasteiger partial charge in [0, 0.05) is 6.04 Å². The van der Waals surface area contributed by atoms with Crippen LogP contribution in [0, 0.1) is 6.92 Å². The Morgan fingerprint density at radius 3 is 2.43 bits per heavy atom. The van der Waals surface area contributed by atoms with Crippen molar-refractivity contribution in [3.8, 4) is 5.75 Å². The van der Waals surface area contributed by atoms with Gasteiger partial charge in [0.05, 0.1) is 23.6 Å². The molecule has 23 heavy (non-hydrogen) atoms. The monoisotopic (exact) mass is 357 g/mol. The molecule has 0 radical (unpaired) electrons. The maximum atomic E-state index is 12.9. The summed E-state index contributed by atoms with van der Waals surface area (Å²) in [5, 5.41) is 0.256. The van der Waals surface area contributed by atoms with Gasteiger partial charge in [0.1, 0.15) is 17.3 Å². The van der Waals surface area contributed by atoms with Gasteiger partial charge in [-0.25, -0.2) is 8.42 Å². The molecule has 0 unspecified atom stereocenters. The molecule has 0 aliphatic carbocycles. The predicted octanol–water partition coefficient (Wildman–Crippen LogP) is 3.85. The summed E-state index contributed by atoms with van der Waals surface area (Å²) in [5.41, 5.74) is 0. The van der Waals surface area contributed by atoms with Crippen molar-refractivity contribution in [1.82, 2.24) is 4.31 Å². The van der Waals surface area contributed by atoms with E-state index >= 15 is 0 Å². The first-order valence-electron chi connectivity index (χ1n) is 7.16. The Balaban J connectivity index is 2.38. The SMILES string of the molecule is COc1ccc(S(=O)(=O)N(Cc2ccc(C)o2)C(C)C)cc1Cl. The average molecular weight is 358 g/mol. The van der Waals surface area contributed by atoms with Gasteiger partial charge < -0.3 is 9.15 Å². The standard InChI is InChI=1S/C16H20ClNO4S/c1-11(2)18(10-13-6-5-12(3)22-13)23(19,20)14-7-8-16(21-4)15(17)9-14/h5-9,11H,10H2,1-4H3. The van der Waals surface area contributed by atoms with Gasteiger partial charge in [-0.3, -0.25) is 0 Å².